The summed E-state index contributed by atoms with van der Waals surface area (Å²) in [6, 6.07) is 16.3. The van der Waals surface area contributed by atoms with E-state index in [1.165, 1.54) is 46.8 Å². The van der Waals surface area contributed by atoms with Crippen LogP contribution in [0, 0.1) is 16.7 Å². The summed E-state index contributed by atoms with van der Waals surface area (Å²) in [6.45, 7) is 10.8. The van der Waals surface area contributed by atoms with Gasteiger partial charge in [0.2, 0.25) is 0 Å². The predicted molar refractivity (Wildman–Crippen MR) is 194 cm³/mol. The number of ether oxygens (including phenoxy) is 7. The van der Waals surface area contributed by atoms with Gasteiger partial charge in [0.1, 0.15) is 24.4 Å². The zero-order valence-corrected chi connectivity index (χ0v) is 32.7. The first-order valence-corrected chi connectivity index (χ1v) is 18.6. The van der Waals surface area contributed by atoms with Gasteiger partial charge in [0.05, 0.1) is 40.1 Å². The third-order valence-electron chi connectivity index (χ3n) is 12.1. The minimum Gasteiger partial charge on any atom is -0.462 e. The maximum Gasteiger partial charge on any atom is 0.338 e. The van der Waals surface area contributed by atoms with Crippen molar-refractivity contribution in [2.24, 2.45) is 16.7 Å². The standard InChI is InChI=1S/C42H48O14/c1-22-29(54-37(47)27-15-11-9-12-16-27)20-41(39(6,7)49)32(22)33(55-38(48)28-17-13-10-14-18-28)35(52-24(3)44)40(8)30(51-23(2)43)19-31-42(21-50-31,56-26(5)46)34(40)36(41)53-25(4)45/h9-18,29-31,33-36,49H,19-21H2,1-8H3/t29-,30-,31+,33+,34?,35-,36?,40+,41-,42-/m0/s1. The molecule has 0 aromatic heterocycles. The molecule has 2 saturated carbocycles. The van der Waals surface area contributed by atoms with Crippen molar-refractivity contribution in [2.75, 3.05) is 6.61 Å². The minimum atomic E-state index is -1.92. The second kappa shape index (κ2) is 14.8. The molecule has 10 atom stereocenters. The summed E-state index contributed by atoms with van der Waals surface area (Å²) in [4.78, 5) is 80.9. The van der Waals surface area contributed by atoms with E-state index in [0.29, 0.717) is 5.57 Å². The largest absolute Gasteiger partial charge is 0.462 e. The molecule has 0 radical (unpaired) electrons. The van der Waals surface area contributed by atoms with Crippen LogP contribution < -0.4 is 0 Å². The number of hydrogen-bond donors (Lipinski definition) is 1. The number of esters is 6. The van der Waals surface area contributed by atoms with Gasteiger partial charge in [-0.05, 0) is 56.2 Å². The van der Waals surface area contributed by atoms with E-state index in [9.17, 15) is 33.9 Å². The minimum absolute atomic E-state index is 0.0609. The van der Waals surface area contributed by atoms with Gasteiger partial charge >= 0.3 is 35.8 Å². The van der Waals surface area contributed by atoms with Crippen LogP contribution in [0.5, 0.6) is 0 Å². The number of carbonyl (C=O) groups excluding carboxylic acids is 6. The van der Waals surface area contributed by atoms with E-state index < -0.39 is 100 Å². The SMILES string of the molecule is CC(=O)OC1C2[C@@](C)([C@@H](OC(C)=O)C[C@H]3OC[C@@]23OC(C)=O)[C@@H](OC(C)=O)[C@H](OC(=O)c2ccccc2)C2=C(C)[C@@H](OC(=O)c3ccccc3)C[C@]21C(C)(C)O. The van der Waals surface area contributed by atoms with Crippen LogP contribution in [0.3, 0.4) is 0 Å². The molecule has 300 valence electrons. The number of hydrogen-bond acceptors (Lipinski definition) is 14. The van der Waals surface area contributed by atoms with E-state index in [2.05, 4.69) is 0 Å². The molecule has 0 spiro atoms. The maximum absolute atomic E-state index is 14.3. The van der Waals surface area contributed by atoms with Gasteiger partial charge in [0.15, 0.2) is 17.8 Å². The van der Waals surface area contributed by atoms with Crippen LogP contribution in [0.4, 0.5) is 0 Å². The second-order valence-corrected chi connectivity index (χ2v) is 15.9. The van der Waals surface area contributed by atoms with E-state index in [1.807, 2.05) is 0 Å². The third-order valence-corrected chi connectivity index (χ3v) is 12.1. The lowest BCUT2D eigenvalue weighted by Crippen LogP contribution is -2.79. The van der Waals surface area contributed by atoms with Crippen molar-refractivity contribution in [3.8, 4) is 0 Å². The Balaban J connectivity index is 1.72. The Kier molecular flexibility index (Phi) is 10.7. The van der Waals surface area contributed by atoms with E-state index in [1.54, 1.807) is 62.4 Å². The summed E-state index contributed by atoms with van der Waals surface area (Å²) in [7, 11) is 0. The number of aliphatic hydroxyl groups is 1. The van der Waals surface area contributed by atoms with Crippen LogP contribution in [0.2, 0.25) is 0 Å². The first kappa shape index (κ1) is 40.6. The molecular formula is C42H48O14. The molecule has 56 heavy (non-hydrogen) atoms. The fraction of sp³-hybridized carbons (Fsp3) is 0.524. The van der Waals surface area contributed by atoms with Crippen LogP contribution in [0.1, 0.15) is 88.9 Å². The molecule has 2 aromatic carbocycles. The Morgan fingerprint density at radius 1 is 0.732 bits per heavy atom. The predicted octanol–water partition coefficient (Wildman–Crippen LogP) is 4.45. The summed E-state index contributed by atoms with van der Waals surface area (Å²) in [5, 5.41) is 12.7. The van der Waals surface area contributed by atoms with Crippen LogP contribution in [0.25, 0.3) is 0 Å². The second-order valence-electron chi connectivity index (χ2n) is 15.9. The summed E-state index contributed by atoms with van der Waals surface area (Å²) in [6.07, 6.45) is -8.20. The molecular weight excluding hydrogens is 728 g/mol. The zero-order chi connectivity index (χ0) is 41.0. The van der Waals surface area contributed by atoms with Crippen LogP contribution >= 0.6 is 0 Å². The Morgan fingerprint density at radius 2 is 1.25 bits per heavy atom. The van der Waals surface area contributed by atoms with Gasteiger partial charge in [-0.1, -0.05) is 43.3 Å². The number of rotatable bonds is 9. The molecule has 2 unspecified atom stereocenters. The summed E-state index contributed by atoms with van der Waals surface area (Å²) in [5.41, 5.74) is -6.23. The maximum atomic E-state index is 14.3. The normalized spacial score (nSPS) is 33.2. The first-order valence-electron chi connectivity index (χ1n) is 18.6. The Morgan fingerprint density at radius 3 is 1.71 bits per heavy atom. The quantitative estimate of drug-likeness (QED) is 0.214. The molecule has 6 rings (SSSR count). The van der Waals surface area contributed by atoms with E-state index in [4.69, 9.17) is 33.2 Å². The van der Waals surface area contributed by atoms with E-state index in [0.717, 1.165) is 6.92 Å². The highest BCUT2D eigenvalue weighted by Crippen LogP contribution is 2.69. The fourth-order valence-electron chi connectivity index (χ4n) is 9.86. The number of carbonyl (C=O) groups is 6. The Bertz CT molecular complexity index is 1930. The first-order chi connectivity index (χ1) is 26.3. The average molecular weight is 777 g/mol. The number of fused-ring (bicyclic) bond motifs is 4. The summed E-state index contributed by atoms with van der Waals surface area (Å²) < 4.78 is 43.6. The van der Waals surface area contributed by atoms with Crippen molar-refractivity contribution in [1.82, 2.24) is 0 Å². The van der Waals surface area contributed by atoms with Gasteiger partial charge in [-0.25, -0.2) is 9.59 Å². The lowest BCUT2D eigenvalue weighted by atomic mass is 9.49. The van der Waals surface area contributed by atoms with Gasteiger partial charge < -0.3 is 38.3 Å². The topological polar surface area (TPSA) is 187 Å². The van der Waals surface area contributed by atoms with Crippen molar-refractivity contribution in [3.05, 3.63) is 82.9 Å². The molecule has 4 aliphatic rings. The van der Waals surface area contributed by atoms with Gasteiger partial charge in [0, 0.05) is 40.5 Å². The lowest BCUT2D eigenvalue weighted by molar-refractivity contribution is -0.352. The molecule has 0 bridgehead atoms. The monoisotopic (exact) mass is 776 g/mol. The van der Waals surface area contributed by atoms with Crippen molar-refractivity contribution in [1.29, 1.82) is 0 Å². The number of benzene rings is 2. The van der Waals surface area contributed by atoms with Gasteiger partial charge in [0.25, 0.3) is 0 Å². The smallest absolute Gasteiger partial charge is 0.338 e. The van der Waals surface area contributed by atoms with Crippen molar-refractivity contribution in [2.45, 2.75) is 116 Å². The zero-order valence-electron chi connectivity index (χ0n) is 32.7. The molecule has 1 heterocycles. The highest BCUT2D eigenvalue weighted by molar-refractivity contribution is 5.90. The molecule has 1 saturated heterocycles. The molecule has 3 fully saturated rings. The highest BCUT2D eigenvalue weighted by Gasteiger charge is 2.81. The van der Waals surface area contributed by atoms with E-state index >= 15 is 0 Å². The molecule has 2 aromatic rings. The van der Waals surface area contributed by atoms with Crippen LogP contribution in [-0.2, 0) is 52.3 Å². The third kappa shape index (κ3) is 6.66. The average Bonchev–Trinajstić information content (AvgIpc) is 3.38. The molecule has 14 nitrogen and oxygen atoms in total. The van der Waals surface area contributed by atoms with Crippen molar-refractivity contribution in [3.63, 3.8) is 0 Å². The fourth-order valence-corrected chi connectivity index (χ4v) is 9.86. The van der Waals surface area contributed by atoms with Gasteiger partial charge in [-0.15, -0.1) is 0 Å². The molecule has 0 amide bonds. The molecule has 14 heteroatoms. The molecule has 1 aliphatic heterocycles. The lowest BCUT2D eigenvalue weighted by Gasteiger charge is -2.65. The van der Waals surface area contributed by atoms with Crippen LogP contribution in [0.15, 0.2) is 71.8 Å². The molecule has 3 aliphatic carbocycles. The van der Waals surface area contributed by atoms with E-state index in [-0.39, 0.29) is 36.1 Å². The van der Waals surface area contributed by atoms with Crippen LogP contribution in [-0.4, -0.2) is 95.4 Å². The summed E-state index contributed by atoms with van der Waals surface area (Å²) >= 11 is 0. The summed E-state index contributed by atoms with van der Waals surface area (Å²) in [5.74, 6) is -5.85. The van der Waals surface area contributed by atoms with Gasteiger partial charge in [-0.3, -0.25) is 19.2 Å². The Labute approximate surface area is 324 Å². The highest BCUT2D eigenvalue weighted by atomic mass is 16.6. The van der Waals surface area contributed by atoms with Crippen molar-refractivity contribution < 1.29 is 67.0 Å². The van der Waals surface area contributed by atoms with Gasteiger partial charge in [-0.2, -0.15) is 0 Å². The Hall–Kier alpha value is -5.08. The molecule has 1 N–H and O–H groups in total. The van der Waals surface area contributed by atoms with Crippen molar-refractivity contribution >= 4 is 35.8 Å².